The summed E-state index contributed by atoms with van der Waals surface area (Å²) >= 11 is 1.42. The molecule has 4 nitrogen and oxygen atoms in total. The van der Waals surface area contributed by atoms with Gasteiger partial charge in [0.2, 0.25) is 0 Å². The SMILES string of the molecule is O=C(/C=C/c1ccccn1)OCc1csc(-c2ccc(F)cc2)n1. The fourth-order valence-electron chi connectivity index (χ4n) is 1.92. The molecule has 3 aromatic rings. The van der Waals surface area contributed by atoms with Gasteiger partial charge in [0.1, 0.15) is 17.4 Å². The number of halogens is 1. The number of pyridine rings is 1. The minimum Gasteiger partial charge on any atom is -0.456 e. The monoisotopic (exact) mass is 340 g/mol. The van der Waals surface area contributed by atoms with E-state index in [-0.39, 0.29) is 12.4 Å². The van der Waals surface area contributed by atoms with Gasteiger partial charge in [0.15, 0.2) is 0 Å². The fraction of sp³-hybridized carbons (Fsp3) is 0.0556. The Kier molecular flexibility index (Phi) is 5.08. The molecule has 0 saturated carbocycles. The minimum absolute atomic E-state index is 0.0864. The first-order chi connectivity index (χ1) is 11.7. The summed E-state index contributed by atoms with van der Waals surface area (Å²) in [7, 11) is 0. The molecular formula is C18H13FN2O2S. The highest BCUT2D eigenvalue weighted by Gasteiger charge is 2.07. The molecule has 1 aromatic carbocycles. The molecule has 0 amide bonds. The molecule has 0 bridgehead atoms. The van der Waals surface area contributed by atoms with Crippen molar-refractivity contribution in [2.45, 2.75) is 6.61 Å². The normalized spacial score (nSPS) is 10.9. The van der Waals surface area contributed by atoms with E-state index in [1.54, 1.807) is 36.5 Å². The number of rotatable bonds is 5. The number of esters is 1. The average molecular weight is 340 g/mol. The molecule has 24 heavy (non-hydrogen) atoms. The van der Waals surface area contributed by atoms with E-state index in [4.69, 9.17) is 4.74 Å². The summed E-state index contributed by atoms with van der Waals surface area (Å²) in [5.41, 5.74) is 2.16. The minimum atomic E-state index is -0.461. The molecule has 0 saturated heterocycles. The van der Waals surface area contributed by atoms with Gasteiger partial charge in [0, 0.05) is 23.2 Å². The summed E-state index contributed by atoms with van der Waals surface area (Å²) in [6.07, 6.45) is 4.57. The van der Waals surface area contributed by atoms with Crippen molar-refractivity contribution >= 4 is 23.4 Å². The van der Waals surface area contributed by atoms with Crippen LogP contribution in [-0.4, -0.2) is 15.9 Å². The molecule has 0 unspecified atom stereocenters. The van der Waals surface area contributed by atoms with E-state index in [0.29, 0.717) is 11.4 Å². The number of carbonyl (C=O) groups is 1. The molecule has 2 heterocycles. The summed E-state index contributed by atoms with van der Waals surface area (Å²) in [5, 5.41) is 2.57. The number of nitrogens with zero attached hydrogens (tertiary/aromatic N) is 2. The van der Waals surface area contributed by atoms with Gasteiger partial charge in [-0.05, 0) is 42.5 Å². The number of aromatic nitrogens is 2. The van der Waals surface area contributed by atoms with E-state index in [1.165, 1.54) is 29.5 Å². The molecule has 0 aliphatic carbocycles. The second-order valence-corrected chi connectivity index (χ2v) is 5.70. The van der Waals surface area contributed by atoms with Crippen LogP contribution in [0.3, 0.4) is 0 Å². The molecule has 2 aromatic heterocycles. The van der Waals surface area contributed by atoms with Gasteiger partial charge in [-0.2, -0.15) is 0 Å². The van der Waals surface area contributed by atoms with Gasteiger partial charge in [-0.15, -0.1) is 11.3 Å². The van der Waals surface area contributed by atoms with Crippen molar-refractivity contribution in [2.75, 3.05) is 0 Å². The van der Waals surface area contributed by atoms with Gasteiger partial charge in [-0.3, -0.25) is 4.98 Å². The van der Waals surface area contributed by atoms with Crippen LogP contribution in [0.25, 0.3) is 16.6 Å². The van der Waals surface area contributed by atoms with Gasteiger partial charge in [-0.1, -0.05) is 6.07 Å². The molecule has 0 fully saturated rings. The Morgan fingerprint density at radius 3 is 2.79 bits per heavy atom. The lowest BCUT2D eigenvalue weighted by atomic mass is 10.2. The van der Waals surface area contributed by atoms with Crippen molar-refractivity contribution in [1.29, 1.82) is 0 Å². The van der Waals surface area contributed by atoms with Crippen molar-refractivity contribution in [2.24, 2.45) is 0 Å². The van der Waals surface area contributed by atoms with E-state index in [1.807, 2.05) is 11.4 Å². The predicted molar refractivity (Wildman–Crippen MR) is 90.6 cm³/mol. The maximum absolute atomic E-state index is 12.9. The Morgan fingerprint density at radius 2 is 2.04 bits per heavy atom. The first-order valence-corrected chi connectivity index (χ1v) is 8.05. The molecule has 0 aliphatic heterocycles. The van der Waals surface area contributed by atoms with Crippen LogP contribution in [-0.2, 0) is 16.1 Å². The highest BCUT2D eigenvalue weighted by atomic mass is 32.1. The smallest absolute Gasteiger partial charge is 0.331 e. The zero-order valence-corrected chi connectivity index (χ0v) is 13.4. The zero-order chi connectivity index (χ0) is 16.8. The fourth-order valence-corrected chi connectivity index (χ4v) is 2.73. The third-order valence-electron chi connectivity index (χ3n) is 3.08. The second-order valence-electron chi connectivity index (χ2n) is 4.85. The van der Waals surface area contributed by atoms with E-state index in [0.717, 1.165) is 10.6 Å². The highest BCUT2D eigenvalue weighted by molar-refractivity contribution is 7.13. The molecule has 0 radical (unpaired) electrons. The summed E-state index contributed by atoms with van der Waals surface area (Å²) in [4.78, 5) is 20.2. The molecule has 120 valence electrons. The number of benzene rings is 1. The van der Waals surface area contributed by atoms with Gasteiger partial charge in [0.25, 0.3) is 0 Å². The van der Waals surface area contributed by atoms with Gasteiger partial charge < -0.3 is 4.74 Å². The standard InChI is InChI=1S/C18H13FN2O2S/c19-14-6-4-13(5-7-14)18-21-16(12-24-18)11-23-17(22)9-8-15-3-1-2-10-20-15/h1-10,12H,11H2/b9-8+. The summed E-state index contributed by atoms with van der Waals surface area (Å²) in [5.74, 6) is -0.749. The van der Waals surface area contributed by atoms with Crippen LogP contribution in [0.15, 0.2) is 60.1 Å². The lowest BCUT2D eigenvalue weighted by Gasteiger charge is -1.99. The van der Waals surface area contributed by atoms with Crippen LogP contribution in [0, 0.1) is 5.82 Å². The third-order valence-corrected chi connectivity index (χ3v) is 4.02. The largest absolute Gasteiger partial charge is 0.456 e. The Bertz CT molecular complexity index is 845. The Morgan fingerprint density at radius 1 is 1.21 bits per heavy atom. The first kappa shape index (κ1) is 16.0. The number of thiazole rings is 1. The Labute approximate surface area is 142 Å². The molecule has 0 aliphatic rings. The predicted octanol–water partition coefficient (Wildman–Crippen LogP) is 4.10. The summed E-state index contributed by atoms with van der Waals surface area (Å²) in [6, 6.07) is 11.5. The van der Waals surface area contributed by atoms with E-state index in [9.17, 15) is 9.18 Å². The molecule has 6 heteroatoms. The Balaban J connectivity index is 1.56. The highest BCUT2D eigenvalue weighted by Crippen LogP contribution is 2.24. The zero-order valence-electron chi connectivity index (χ0n) is 12.6. The Hall–Kier alpha value is -2.86. The van der Waals surface area contributed by atoms with Gasteiger partial charge in [-0.25, -0.2) is 14.2 Å². The van der Waals surface area contributed by atoms with Crippen molar-refractivity contribution in [1.82, 2.24) is 9.97 Å². The number of hydrogen-bond acceptors (Lipinski definition) is 5. The summed E-state index contributed by atoms with van der Waals surface area (Å²) in [6.45, 7) is 0.0864. The average Bonchev–Trinajstić information content (AvgIpc) is 3.09. The summed E-state index contributed by atoms with van der Waals surface area (Å²) < 4.78 is 18.1. The maximum atomic E-state index is 12.9. The van der Waals surface area contributed by atoms with Crippen LogP contribution < -0.4 is 0 Å². The number of ether oxygens (including phenoxy) is 1. The molecule has 0 spiro atoms. The molecule has 3 rings (SSSR count). The molecule has 0 N–H and O–H groups in total. The number of carbonyl (C=O) groups excluding carboxylic acids is 1. The van der Waals surface area contributed by atoms with Crippen LogP contribution >= 0.6 is 11.3 Å². The van der Waals surface area contributed by atoms with Gasteiger partial charge in [0.05, 0.1) is 11.4 Å². The molecular weight excluding hydrogens is 327 g/mol. The van der Waals surface area contributed by atoms with E-state index >= 15 is 0 Å². The van der Waals surface area contributed by atoms with Crippen molar-refractivity contribution in [3.8, 4) is 10.6 Å². The van der Waals surface area contributed by atoms with Crippen LogP contribution in [0.1, 0.15) is 11.4 Å². The number of hydrogen-bond donors (Lipinski definition) is 0. The van der Waals surface area contributed by atoms with Crippen molar-refractivity contribution < 1.29 is 13.9 Å². The first-order valence-electron chi connectivity index (χ1n) is 7.17. The van der Waals surface area contributed by atoms with Crippen molar-refractivity contribution in [3.63, 3.8) is 0 Å². The lowest BCUT2D eigenvalue weighted by molar-refractivity contribution is -0.139. The molecule has 0 atom stereocenters. The van der Waals surface area contributed by atoms with Crippen LogP contribution in [0.2, 0.25) is 0 Å². The quantitative estimate of drug-likeness (QED) is 0.518. The van der Waals surface area contributed by atoms with Crippen LogP contribution in [0.5, 0.6) is 0 Å². The van der Waals surface area contributed by atoms with E-state index in [2.05, 4.69) is 9.97 Å². The third kappa shape index (κ3) is 4.33. The van der Waals surface area contributed by atoms with Crippen molar-refractivity contribution in [3.05, 3.63) is 77.3 Å². The van der Waals surface area contributed by atoms with E-state index < -0.39 is 5.97 Å². The van der Waals surface area contributed by atoms with Crippen LogP contribution in [0.4, 0.5) is 4.39 Å². The second kappa shape index (κ2) is 7.61. The topological polar surface area (TPSA) is 52.1 Å². The maximum Gasteiger partial charge on any atom is 0.331 e. The lowest BCUT2D eigenvalue weighted by Crippen LogP contribution is -2.01. The van der Waals surface area contributed by atoms with Gasteiger partial charge >= 0.3 is 5.97 Å².